The maximum absolute atomic E-state index is 5.31. The van der Waals surface area contributed by atoms with Crippen LogP contribution in [0.3, 0.4) is 0 Å². The van der Waals surface area contributed by atoms with E-state index in [4.69, 9.17) is 20.2 Å². The van der Waals surface area contributed by atoms with Crippen LogP contribution in [0.15, 0.2) is 48.2 Å². The van der Waals surface area contributed by atoms with Crippen LogP contribution in [0.4, 0.5) is 11.6 Å². The highest BCUT2D eigenvalue weighted by molar-refractivity contribution is 5.93. The van der Waals surface area contributed by atoms with E-state index in [9.17, 15) is 0 Å². The molecule has 3 atom stereocenters. The Morgan fingerprint density at radius 2 is 1.78 bits per heavy atom. The van der Waals surface area contributed by atoms with Crippen LogP contribution in [-0.2, 0) is 13.6 Å². The maximum Gasteiger partial charge on any atom is 0.186 e. The van der Waals surface area contributed by atoms with Gasteiger partial charge in [-0.2, -0.15) is 10.2 Å². The van der Waals surface area contributed by atoms with Gasteiger partial charge in [-0.3, -0.25) is 0 Å². The lowest BCUT2D eigenvalue weighted by Gasteiger charge is -2.36. The van der Waals surface area contributed by atoms with E-state index < -0.39 is 0 Å². The summed E-state index contributed by atoms with van der Waals surface area (Å²) < 4.78 is 6.56. The molecule has 2 bridgehead atoms. The topological polar surface area (TPSA) is 84.9 Å². The highest BCUT2D eigenvalue weighted by Gasteiger charge is 2.29. The number of pyridine rings is 1. The van der Waals surface area contributed by atoms with Crippen LogP contribution in [0.25, 0.3) is 39.0 Å². The molecule has 7 rings (SSSR count). The molecule has 0 spiro atoms. The molecule has 0 saturated carbocycles. The summed E-state index contributed by atoms with van der Waals surface area (Å²) in [7, 11) is 4.36. The van der Waals surface area contributed by atoms with E-state index in [1.807, 2.05) is 6.20 Å². The first-order valence-corrected chi connectivity index (χ1v) is 18.6. The molecular formula is C40H54N10. The molecule has 1 aliphatic heterocycles. The van der Waals surface area contributed by atoms with Crippen molar-refractivity contribution in [1.82, 2.24) is 39.0 Å². The fourth-order valence-electron chi connectivity index (χ4n) is 8.19. The molecule has 0 amide bonds. The zero-order valence-electron chi connectivity index (χ0n) is 31.5. The Bertz CT molecular complexity index is 2090. The Morgan fingerprint density at radius 1 is 0.960 bits per heavy atom. The molecular weight excluding hydrogens is 621 g/mol. The van der Waals surface area contributed by atoms with Crippen LogP contribution < -0.4 is 10.2 Å². The summed E-state index contributed by atoms with van der Waals surface area (Å²) in [5, 5.41) is 15.0. The number of hydrogen-bond acceptors (Lipinski definition) is 7. The van der Waals surface area contributed by atoms with Gasteiger partial charge in [0, 0.05) is 38.3 Å². The summed E-state index contributed by atoms with van der Waals surface area (Å²) in [4.78, 5) is 15.4. The van der Waals surface area contributed by atoms with Gasteiger partial charge in [0.15, 0.2) is 5.65 Å². The Labute approximate surface area is 296 Å². The monoisotopic (exact) mass is 674 g/mol. The van der Waals surface area contributed by atoms with Crippen molar-refractivity contribution < 1.29 is 0 Å². The van der Waals surface area contributed by atoms with Gasteiger partial charge < -0.3 is 19.7 Å². The number of aryl methyl sites for hydroxylation is 4. The number of nitrogens with zero attached hydrogens (tertiary/aromatic N) is 9. The lowest BCUT2D eigenvalue weighted by Crippen LogP contribution is -2.47. The third-order valence-electron chi connectivity index (χ3n) is 11.0. The average Bonchev–Trinajstić information content (AvgIpc) is 3.74. The number of aromatic nitrogens is 7. The molecule has 2 aliphatic rings. The zero-order valence-corrected chi connectivity index (χ0v) is 31.5. The first-order valence-electron chi connectivity index (χ1n) is 18.6. The van der Waals surface area contributed by atoms with Crippen molar-refractivity contribution in [2.24, 2.45) is 18.9 Å². The summed E-state index contributed by atoms with van der Waals surface area (Å²) in [6, 6.07) is 9.07. The van der Waals surface area contributed by atoms with E-state index in [0.29, 0.717) is 18.5 Å². The Morgan fingerprint density at radius 3 is 2.54 bits per heavy atom. The Kier molecular flexibility index (Phi) is 9.32. The summed E-state index contributed by atoms with van der Waals surface area (Å²) in [6.07, 6.45) is 10.7. The van der Waals surface area contributed by atoms with Gasteiger partial charge in [0.2, 0.25) is 0 Å². The second-order valence-corrected chi connectivity index (χ2v) is 14.8. The van der Waals surface area contributed by atoms with E-state index in [0.717, 1.165) is 102 Å². The molecule has 0 fully saturated rings. The van der Waals surface area contributed by atoms with Crippen molar-refractivity contribution >= 4 is 39.4 Å². The van der Waals surface area contributed by atoms with Crippen LogP contribution in [-0.4, -0.2) is 71.8 Å². The molecule has 10 nitrogen and oxygen atoms in total. The lowest BCUT2D eigenvalue weighted by atomic mass is 9.92. The van der Waals surface area contributed by atoms with Gasteiger partial charge in [-0.05, 0) is 99.9 Å². The van der Waals surface area contributed by atoms with Crippen molar-refractivity contribution in [1.29, 1.82) is 0 Å². The summed E-state index contributed by atoms with van der Waals surface area (Å²) in [5.41, 5.74) is 10.1. The predicted octanol–water partition coefficient (Wildman–Crippen LogP) is 7.95. The third kappa shape index (κ3) is 6.12. The number of allylic oxidation sites excluding steroid dienone is 4. The van der Waals surface area contributed by atoms with Gasteiger partial charge in [0.05, 0.1) is 40.7 Å². The van der Waals surface area contributed by atoms with Crippen molar-refractivity contribution in [2.45, 2.75) is 86.7 Å². The molecule has 0 radical (unpaired) electrons. The molecule has 0 saturated heterocycles. The normalized spacial score (nSPS) is 20.8. The second kappa shape index (κ2) is 13.7. The predicted molar refractivity (Wildman–Crippen MR) is 206 cm³/mol. The van der Waals surface area contributed by atoms with Gasteiger partial charge in [-0.25, -0.2) is 19.3 Å². The molecule has 3 unspecified atom stereocenters. The summed E-state index contributed by atoms with van der Waals surface area (Å²) in [5.74, 6) is 4.03. The van der Waals surface area contributed by atoms with Crippen LogP contribution in [0.1, 0.15) is 70.3 Å². The molecule has 50 heavy (non-hydrogen) atoms. The highest BCUT2D eigenvalue weighted by atomic mass is 15.4. The van der Waals surface area contributed by atoms with Crippen molar-refractivity contribution in [3.05, 3.63) is 65.1 Å². The summed E-state index contributed by atoms with van der Waals surface area (Å²) >= 11 is 0. The Balaban J connectivity index is 1.35. The van der Waals surface area contributed by atoms with E-state index in [2.05, 4.69) is 128 Å². The molecule has 10 heteroatoms. The third-order valence-corrected chi connectivity index (χ3v) is 11.0. The molecule has 1 aliphatic carbocycles. The number of hydrogen-bond donors (Lipinski definition) is 1. The van der Waals surface area contributed by atoms with Crippen molar-refractivity contribution in [3.63, 3.8) is 0 Å². The van der Waals surface area contributed by atoms with E-state index >= 15 is 0 Å². The van der Waals surface area contributed by atoms with Crippen LogP contribution >= 0.6 is 0 Å². The first kappa shape index (κ1) is 34.0. The van der Waals surface area contributed by atoms with E-state index in [-0.39, 0.29) is 6.04 Å². The van der Waals surface area contributed by atoms with E-state index in [1.54, 1.807) is 0 Å². The van der Waals surface area contributed by atoms with Gasteiger partial charge >= 0.3 is 0 Å². The second-order valence-electron chi connectivity index (χ2n) is 14.8. The summed E-state index contributed by atoms with van der Waals surface area (Å²) in [6.45, 7) is 19.0. The van der Waals surface area contributed by atoms with E-state index in [1.165, 1.54) is 16.7 Å². The smallest absolute Gasteiger partial charge is 0.186 e. The SMILES string of the molecule is CCC1=C(n2ncc3c(N4CNc5nc(ccc5C)-c5cc(C)cc6nc(C)n(c56)CC(CC)CN(C)CC4CC)n(C)nc32)C=CC(C)C1. The highest BCUT2D eigenvalue weighted by Crippen LogP contribution is 2.36. The van der Waals surface area contributed by atoms with Gasteiger partial charge in [0.25, 0.3) is 0 Å². The minimum Gasteiger partial charge on any atom is -0.352 e. The minimum absolute atomic E-state index is 0.225. The Hall–Kier alpha value is -4.44. The molecule has 4 aromatic heterocycles. The number of benzene rings is 1. The number of likely N-dealkylation sites (N-methyl/N-ethyl adjacent to an activating group) is 1. The molecule has 5 aromatic rings. The van der Waals surface area contributed by atoms with Crippen LogP contribution in [0.2, 0.25) is 0 Å². The van der Waals surface area contributed by atoms with Gasteiger partial charge in [0.1, 0.15) is 17.5 Å². The van der Waals surface area contributed by atoms with Crippen LogP contribution in [0.5, 0.6) is 0 Å². The molecule has 1 aromatic carbocycles. The molecule has 1 N–H and O–H groups in total. The fourth-order valence-corrected chi connectivity index (χ4v) is 8.19. The quantitative estimate of drug-likeness (QED) is 0.203. The number of rotatable bonds is 5. The minimum atomic E-state index is 0.225. The number of fused-ring (bicyclic) bond motifs is 4. The number of imidazole rings is 1. The number of nitrogens with one attached hydrogen (secondary N) is 1. The van der Waals surface area contributed by atoms with Gasteiger partial charge in [-0.15, -0.1) is 0 Å². The van der Waals surface area contributed by atoms with Gasteiger partial charge in [-0.1, -0.05) is 46.3 Å². The molecule has 264 valence electrons. The maximum atomic E-state index is 5.31. The average molecular weight is 675 g/mol. The lowest BCUT2D eigenvalue weighted by molar-refractivity contribution is 0.237. The standard InChI is InChI=1S/C40H54N10/c1-10-29-21-46(8)23-31(12-3)49(40-33-20-42-50(39(33)45-47(40)9)36-16-13-25(4)17-30(36)11-2)24-41-38-27(6)14-15-34(44-38)32-18-26(5)19-35-37(32)48(22-29)28(7)43-35/h13-16,18-20,25,29,31H,10-12,17,21-24H2,1-9H3,(H,41,44). The largest absolute Gasteiger partial charge is 0.352 e. The van der Waals surface area contributed by atoms with Crippen molar-refractivity contribution in [2.75, 3.05) is 37.0 Å². The van der Waals surface area contributed by atoms with Crippen molar-refractivity contribution in [3.8, 4) is 11.3 Å². The molecule has 5 heterocycles. The number of anilines is 2. The fraction of sp³-hybridized carbons (Fsp3) is 0.500. The van der Waals surface area contributed by atoms with Crippen LogP contribution in [0, 0.1) is 32.6 Å². The zero-order chi connectivity index (χ0) is 35.3. The first-order chi connectivity index (χ1) is 24.1.